The van der Waals surface area contributed by atoms with E-state index < -0.39 is 0 Å². The van der Waals surface area contributed by atoms with Gasteiger partial charge in [-0.05, 0) is 42.0 Å². The summed E-state index contributed by atoms with van der Waals surface area (Å²) in [5, 5.41) is 4.44. The van der Waals surface area contributed by atoms with E-state index in [1.165, 1.54) is 11.1 Å². The molecular weight excluding hydrogens is 278 g/mol. The molecule has 1 unspecified atom stereocenters. The molecule has 2 heteroatoms. The van der Waals surface area contributed by atoms with Gasteiger partial charge in [-0.2, -0.15) is 0 Å². The number of hydrogen-bond donors (Lipinski definition) is 1. The molecule has 2 aromatic carbocycles. The van der Waals surface area contributed by atoms with Crippen LogP contribution in [0.1, 0.15) is 43.9 Å². The number of nitrogens with one attached hydrogen (secondary N) is 1. The number of hydrogen-bond acceptors (Lipinski definition) is 1. The van der Waals surface area contributed by atoms with Crippen molar-refractivity contribution < 1.29 is 0 Å². The molecule has 21 heavy (non-hydrogen) atoms. The van der Waals surface area contributed by atoms with Crippen LogP contribution < -0.4 is 5.32 Å². The molecular formula is C19H24ClN. The van der Waals surface area contributed by atoms with Crippen LogP contribution in [0, 0.1) is 5.92 Å². The van der Waals surface area contributed by atoms with E-state index in [2.05, 4.69) is 68.6 Å². The van der Waals surface area contributed by atoms with Crippen molar-refractivity contribution in [3.63, 3.8) is 0 Å². The maximum atomic E-state index is 5.95. The Labute approximate surface area is 133 Å². The highest BCUT2D eigenvalue weighted by atomic mass is 35.5. The highest BCUT2D eigenvalue weighted by molar-refractivity contribution is 6.30. The van der Waals surface area contributed by atoms with Gasteiger partial charge >= 0.3 is 0 Å². The third kappa shape index (κ3) is 4.59. The van der Waals surface area contributed by atoms with E-state index in [9.17, 15) is 0 Å². The van der Waals surface area contributed by atoms with Gasteiger partial charge in [0.15, 0.2) is 0 Å². The lowest BCUT2D eigenvalue weighted by Gasteiger charge is -2.24. The Balaban J connectivity index is 2.00. The standard InChI is InChI=1S/C19H24ClN/c1-14(2)19(17-7-5-4-6-8-17)13-21-15(3)16-9-11-18(20)12-10-16/h4-12,14-15,19,21H,13H2,1-3H3/t15-,19?/m1/s1. The monoisotopic (exact) mass is 301 g/mol. The zero-order valence-electron chi connectivity index (χ0n) is 13.0. The molecule has 0 amide bonds. The number of halogens is 1. The highest BCUT2D eigenvalue weighted by Crippen LogP contribution is 2.25. The van der Waals surface area contributed by atoms with Crippen molar-refractivity contribution >= 4 is 11.6 Å². The van der Waals surface area contributed by atoms with E-state index >= 15 is 0 Å². The first-order valence-corrected chi connectivity index (χ1v) is 7.99. The lowest BCUT2D eigenvalue weighted by Crippen LogP contribution is -2.27. The lowest BCUT2D eigenvalue weighted by atomic mass is 9.88. The molecule has 0 fully saturated rings. The van der Waals surface area contributed by atoms with Crippen molar-refractivity contribution in [3.05, 3.63) is 70.7 Å². The zero-order chi connectivity index (χ0) is 15.2. The molecule has 0 saturated heterocycles. The third-order valence-corrected chi connectivity index (χ3v) is 4.30. The average Bonchev–Trinajstić information content (AvgIpc) is 2.48. The normalized spacial score (nSPS) is 14.1. The molecule has 1 nitrogen and oxygen atoms in total. The second-order valence-corrected chi connectivity index (χ2v) is 6.38. The number of rotatable bonds is 6. The van der Waals surface area contributed by atoms with Gasteiger partial charge in [0, 0.05) is 17.6 Å². The summed E-state index contributed by atoms with van der Waals surface area (Å²) in [6.07, 6.45) is 0. The molecule has 0 aliphatic heterocycles. The smallest absolute Gasteiger partial charge is 0.0406 e. The fourth-order valence-electron chi connectivity index (χ4n) is 2.61. The van der Waals surface area contributed by atoms with Crippen LogP contribution in [0.15, 0.2) is 54.6 Å². The van der Waals surface area contributed by atoms with E-state index in [1.54, 1.807) is 0 Å². The summed E-state index contributed by atoms with van der Waals surface area (Å²) < 4.78 is 0. The van der Waals surface area contributed by atoms with Crippen molar-refractivity contribution in [2.24, 2.45) is 5.92 Å². The molecule has 0 heterocycles. The average molecular weight is 302 g/mol. The molecule has 2 aromatic rings. The first kappa shape index (κ1) is 16.1. The molecule has 0 aromatic heterocycles. The van der Waals surface area contributed by atoms with E-state index in [4.69, 9.17) is 11.6 Å². The molecule has 0 radical (unpaired) electrons. The summed E-state index contributed by atoms with van der Waals surface area (Å²) in [4.78, 5) is 0. The predicted molar refractivity (Wildman–Crippen MR) is 91.9 cm³/mol. The minimum Gasteiger partial charge on any atom is -0.310 e. The summed E-state index contributed by atoms with van der Waals surface area (Å²) in [6, 6.07) is 19.2. The molecule has 0 spiro atoms. The number of benzene rings is 2. The van der Waals surface area contributed by atoms with Crippen molar-refractivity contribution in [2.45, 2.75) is 32.7 Å². The van der Waals surface area contributed by atoms with Gasteiger partial charge in [0.2, 0.25) is 0 Å². The van der Waals surface area contributed by atoms with Gasteiger partial charge in [0.25, 0.3) is 0 Å². The van der Waals surface area contributed by atoms with Gasteiger partial charge < -0.3 is 5.32 Å². The Morgan fingerprint density at radius 3 is 2.05 bits per heavy atom. The Morgan fingerprint density at radius 2 is 1.48 bits per heavy atom. The van der Waals surface area contributed by atoms with Crippen molar-refractivity contribution in [1.82, 2.24) is 5.32 Å². The second kappa shape index (κ2) is 7.63. The molecule has 0 aliphatic carbocycles. The van der Waals surface area contributed by atoms with Gasteiger partial charge in [0.05, 0.1) is 0 Å². The fourth-order valence-corrected chi connectivity index (χ4v) is 2.74. The van der Waals surface area contributed by atoms with Crippen LogP contribution in [0.5, 0.6) is 0 Å². The van der Waals surface area contributed by atoms with Gasteiger partial charge in [-0.3, -0.25) is 0 Å². The summed E-state index contributed by atoms with van der Waals surface area (Å²) in [5.41, 5.74) is 2.68. The van der Waals surface area contributed by atoms with Gasteiger partial charge in [0.1, 0.15) is 0 Å². The molecule has 112 valence electrons. The van der Waals surface area contributed by atoms with Crippen LogP contribution in [-0.4, -0.2) is 6.54 Å². The minimum absolute atomic E-state index is 0.326. The maximum absolute atomic E-state index is 5.95. The van der Waals surface area contributed by atoms with Crippen LogP contribution in [0.2, 0.25) is 5.02 Å². The van der Waals surface area contributed by atoms with E-state index in [0.29, 0.717) is 17.9 Å². The van der Waals surface area contributed by atoms with Gasteiger partial charge in [-0.1, -0.05) is 67.9 Å². The Bertz CT molecular complexity index is 533. The predicted octanol–water partition coefficient (Wildman–Crippen LogP) is 5.43. The third-order valence-electron chi connectivity index (χ3n) is 4.05. The first-order chi connectivity index (χ1) is 10.1. The van der Waals surface area contributed by atoms with Crippen molar-refractivity contribution in [3.8, 4) is 0 Å². The van der Waals surface area contributed by atoms with Crippen LogP contribution >= 0.6 is 11.6 Å². The van der Waals surface area contributed by atoms with Gasteiger partial charge in [-0.25, -0.2) is 0 Å². The Kier molecular flexibility index (Phi) is 5.84. The largest absolute Gasteiger partial charge is 0.310 e. The molecule has 2 rings (SSSR count). The van der Waals surface area contributed by atoms with Crippen LogP contribution in [0.3, 0.4) is 0 Å². The molecule has 0 aliphatic rings. The topological polar surface area (TPSA) is 12.0 Å². The fraction of sp³-hybridized carbons (Fsp3) is 0.368. The summed E-state index contributed by atoms with van der Waals surface area (Å²) in [5.74, 6) is 1.14. The van der Waals surface area contributed by atoms with E-state index in [1.807, 2.05) is 12.1 Å². The second-order valence-electron chi connectivity index (χ2n) is 5.94. The van der Waals surface area contributed by atoms with Crippen LogP contribution in [0.4, 0.5) is 0 Å². The maximum Gasteiger partial charge on any atom is 0.0406 e. The summed E-state index contributed by atoms with van der Waals surface area (Å²) in [6.45, 7) is 7.75. The molecule has 2 atom stereocenters. The Hall–Kier alpha value is -1.31. The highest BCUT2D eigenvalue weighted by Gasteiger charge is 2.16. The zero-order valence-corrected chi connectivity index (χ0v) is 13.8. The van der Waals surface area contributed by atoms with E-state index in [0.717, 1.165) is 11.6 Å². The molecule has 0 saturated carbocycles. The van der Waals surface area contributed by atoms with Crippen LogP contribution in [0.25, 0.3) is 0 Å². The molecule has 0 bridgehead atoms. The van der Waals surface area contributed by atoms with Crippen molar-refractivity contribution in [2.75, 3.05) is 6.54 Å². The summed E-state index contributed by atoms with van der Waals surface area (Å²) >= 11 is 5.95. The van der Waals surface area contributed by atoms with Crippen LogP contribution in [-0.2, 0) is 0 Å². The quantitative estimate of drug-likeness (QED) is 0.750. The summed E-state index contributed by atoms with van der Waals surface area (Å²) in [7, 11) is 0. The Morgan fingerprint density at radius 1 is 0.857 bits per heavy atom. The minimum atomic E-state index is 0.326. The van der Waals surface area contributed by atoms with Crippen molar-refractivity contribution in [1.29, 1.82) is 0 Å². The molecule has 1 N–H and O–H groups in total. The van der Waals surface area contributed by atoms with Gasteiger partial charge in [-0.15, -0.1) is 0 Å². The SMILES string of the molecule is CC(C)C(CN[C@H](C)c1ccc(Cl)cc1)c1ccccc1. The van der Waals surface area contributed by atoms with E-state index in [-0.39, 0.29) is 0 Å². The lowest BCUT2D eigenvalue weighted by molar-refractivity contribution is 0.436. The first-order valence-electron chi connectivity index (χ1n) is 7.61.